The highest BCUT2D eigenvalue weighted by atomic mass is 79.9. The topological polar surface area (TPSA) is 64.6 Å². The third kappa shape index (κ3) is 4.58. The lowest BCUT2D eigenvalue weighted by molar-refractivity contribution is -0.115. The number of hydrogen-bond donors (Lipinski definition) is 1. The normalized spacial score (nSPS) is 10.1. The predicted octanol–water partition coefficient (Wildman–Crippen LogP) is 4.42. The van der Waals surface area contributed by atoms with E-state index in [0.717, 1.165) is 4.47 Å². The van der Waals surface area contributed by atoms with Gasteiger partial charge in [-0.25, -0.2) is 4.79 Å². The smallest absolute Gasteiger partial charge is 0.347 e. The van der Waals surface area contributed by atoms with Crippen molar-refractivity contribution in [2.24, 2.45) is 0 Å². The first-order valence-corrected chi connectivity index (χ1v) is 8.37. The number of nitrogens with one attached hydrogen (secondary N) is 1. The number of anilines is 1. The molecule has 2 aromatic rings. The van der Waals surface area contributed by atoms with Crippen LogP contribution in [0.25, 0.3) is 0 Å². The average Bonchev–Trinajstić information content (AvgIpc) is 2.58. The predicted molar refractivity (Wildman–Crippen MR) is 95.6 cm³/mol. The molecule has 5 nitrogen and oxygen atoms in total. The van der Waals surface area contributed by atoms with Gasteiger partial charge < -0.3 is 14.8 Å². The maximum Gasteiger partial charge on any atom is 0.347 e. The largest absolute Gasteiger partial charge is 0.493 e. The average molecular weight is 392 g/mol. The minimum absolute atomic E-state index is 0.157. The fourth-order valence-electron chi connectivity index (χ4n) is 2.00. The zero-order chi connectivity index (χ0) is 17.5. The van der Waals surface area contributed by atoms with Crippen molar-refractivity contribution in [3.05, 3.63) is 52.5 Å². The Morgan fingerprint density at radius 1 is 1.08 bits per heavy atom. The van der Waals surface area contributed by atoms with Crippen molar-refractivity contribution in [3.8, 4) is 11.5 Å². The van der Waals surface area contributed by atoms with Crippen LogP contribution in [0.2, 0.25) is 0 Å². The second-order valence-electron chi connectivity index (χ2n) is 4.86. The van der Waals surface area contributed by atoms with Crippen molar-refractivity contribution in [3.63, 3.8) is 0 Å². The molecular formula is C18H18BrNO4. The van der Waals surface area contributed by atoms with Crippen molar-refractivity contribution in [1.82, 2.24) is 0 Å². The summed E-state index contributed by atoms with van der Waals surface area (Å²) in [5, 5.41) is 2.71. The first-order chi connectivity index (χ1) is 11.5. The van der Waals surface area contributed by atoms with Gasteiger partial charge in [-0.1, -0.05) is 35.0 Å². The van der Waals surface area contributed by atoms with Gasteiger partial charge >= 0.3 is 5.97 Å². The third-order valence-electron chi connectivity index (χ3n) is 3.15. The molecule has 0 radical (unpaired) electrons. The molecule has 0 unspecified atom stereocenters. The number of carbonyl (C=O) groups is 2. The molecule has 1 N–H and O–H groups in total. The van der Waals surface area contributed by atoms with Crippen LogP contribution in [0, 0.1) is 0 Å². The van der Waals surface area contributed by atoms with E-state index in [4.69, 9.17) is 9.47 Å². The van der Waals surface area contributed by atoms with Crippen LogP contribution >= 0.6 is 15.9 Å². The second kappa shape index (κ2) is 8.49. The van der Waals surface area contributed by atoms with Gasteiger partial charge in [-0.3, -0.25) is 4.79 Å². The summed E-state index contributed by atoms with van der Waals surface area (Å²) in [5.41, 5.74) is 0.758. The van der Waals surface area contributed by atoms with Gasteiger partial charge in [-0.2, -0.15) is 0 Å². The van der Waals surface area contributed by atoms with Crippen molar-refractivity contribution in [2.45, 2.75) is 20.3 Å². The number of halogens is 1. The van der Waals surface area contributed by atoms with Crippen LogP contribution in [0.1, 0.15) is 30.6 Å². The van der Waals surface area contributed by atoms with Gasteiger partial charge in [0.25, 0.3) is 0 Å². The monoisotopic (exact) mass is 391 g/mol. The molecule has 0 aliphatic heterocycles. The maximum absolute atomic E-state index is 12.5. The van der Waals surface area contributed by atoms with E-state index >= 15 is 0 Å². The van der Waals surface area contributed by atoms with Gasteiger partial charge in [0.15, 0.2) is 5.75 Å². The maximum atomic E-state index is 12.5. The van der Waals surface area contributed by atoms with Crippen LogP contribution in [-0.4, -0.2) is 18.5 Å². The molecule has 6 heteroatoms. The lowest BCUT2D eigenvalue weighted by Gasteiger charge is -2.13. The molecule has 0 saturated carbocycles. The van der Waals surface area contributed by atoms with Gasteiger partial charge in [0.05, 0.1) is 12.3 Å². The highest BCUT2D eigenvalue weighted by molar-refractivity contribution is 9.10. The van der Waals surface area contributed by atoms with Gasteiger partial charge in [-0.05, 0) is 37.3 Å². The van der Waals surface area contributed by atoms with E-state index in [2.05, 4.69) is 21.2 Å². The van der Waals surface area contributed by atoms with E-state index in [1.54, 1.807) is 49.4 Å². The standard InChI is InChI=1S/C18H18BrNO4/c1-3-17(21)20-14-7-5-6-8-16(14)24-18(22)13-11-12(19)9-10-15(13)23-4-2/h5-11H,3-4H2,1-2H3,(H,20,21). The lowest BCUT2D eigenvalue weighted by atomic mass is 10.2. The minimum atomic E-state index is -0.557. The summed E-state index contributed by atoms with van der Waals surface area (Å²) in [6.45, 7) is 4.03. The van der Waals surface area contributed by atoms with Crippen LogP contribution in [-0.2, 0) is 4.79 Å². The van der Waals surface area contributed by atoms with E-state index in [9.17, 15) is 9.59 Å². The zero-order valence-electron chi connectivity index (χ0n) is 13.5. The molecule has 24 heavy (non-hydrogen) atoms. The summed E-state index contributed by atoms with van der Waals surface area (Å²) in [6, 6.07) is 11.9. The molecule has 0 aliphatic rings. The fourth-order valence-corrected chi connectivity index (χ4v) is 2.36. The molecule has 0 fully saturated rings. The summed E-state index contributed by atoms with van der Waals surface area (Å²) in [4.78, 5) is 24.1. The molecule has 1 amide bonds. The number of para-hydroxylation sites is 2. The van der Waals surface area contributed by atoms with Crippen LogP contribution in [0.4, 0.5) is 5.69 Å². The van der Waals surface area contributed by atoms with E-state index in [0.29, 0.717) is 30.0 Å². The van der Waals surface area contributed by atoms with Crippen LogP contribution in [0.5, 0.6) is 11.5 Å². The summed E-state index contributed by atoms with van der Waals surface area (Å²) in [5.74, 6) is 0.0152. The molecule has 0 atom stereocenters. The zero-order valence-corrected chi connectivity index (χ0v) is 15.1. The van der Waals surface area contributed by atoms with Crippen LogP contribution in [0.15, 0.2) is 46.9 Å². The second-order valence-corrected chi connectivity index (χ2v) is 5.78. The SMILES string of the molecule is CCOc1ccc(Br)cc1C(=O)Oc1ccccc1NC(=O)CC. The van der Waals surface area contributed by atoms with Crippen LogP contribution in [0.3, 0.4) is 0 Å². The lowest BCUT2D eigenvalue weighted by Crippen LogP contribution is -2.14. The molecule has 2 aromatic carbocycles. The van der Waals surface area contributed by atoms with Gasteiger partial charge in [0.2, 0.25) is 5.91 Å². The highest BCUT2D eigenvalue weighted by Gasteiger charge is 2.17. The Kier molecular flexibility index (Phi) is 6.37. The van der Waals surface area contributed by atoms with Crippen molar-refractivity contribution in [1.29, 1.82) is 0 Å². The quantitative estimate of drug-likeness (QED) is 0.584. The van der Waals surface area contributed by atoms with Gasteiger partial charge in [0, 0.05) is 10.9 Å². The molecule has 0 heterocycles. The Bertz CT molecular complexity index is 746. The number of ether oxygens (including phenoxy) is 2. The Morgan fingerprint density at radius 2 is 1.83 bits per heavy atom. The summed E-state index contributed by atoms with van der Waals surface area (Å²) < 4.78 is 11.7. The third-order valence-corrected chi connectivity index (χ3v) is 3.64. The number of esters is 1. The molecule has 0 aliphatic carbocycles. The molecule has 0 saturated heterocycles. The Morgan fingerprint density at radius 3 is 2.54 bits per heavy atom. The first kappa shape index (κ1) is 18.0. The minimum Gasteiger partial charge on any atom is -0.493 e. The van der Waals surface area contributed by atoms with Crippen molar-refractivity contribution < 1.29 is 19.1 Å². The fraction of sp³-hybridized carbons (Fsp3) is 0.222. The van der Waals surface area contributed by atoms with E-state index in [1.165, 1.54) is 0 Å². The summed E-state index contributed by atoms with van der Waals surface area (Å²) >= 11 is 3.34. The molecular weight excluding hydrogens is 374 g/mol. The van der Waals surface area contributed by atoms with Crippen molar-refractivity contribution >= 4 is 33.5 Å². The number of hydrogen-bond acceptors (Lipinski definition) is 4. The Balaban J connectivity index is 2.27. The Labute approximate surface area is 149 Å². The highest BCUT2D eigenvalue weighted by Crippen LogP contribution is 2.28. The van der Waals surface area contributed by atoms with E-state index < -0.39 is 5.97 Å². The van der Waals surface area contributed by atoms with Crippen LogP contribution < -0.4 is 14.8 Å². The summed E-state index contributed by atoms with van der Waals surface area (Å²) in [6.07, 6.45) is 0.336. The number of carbonyl (C=O) groups excluding carboxylic acids is 2. The molecule has 0 bridgehead atoms. The van der Waals surface area contributed by atoms with E-state index in [-0.39, 0.29) is 11.7 Å². The first-order valence-electron chi connectivity index (χ1n) is 7.58. The van der Waals surface area contributed by atoms with Gasteiger partial charge in [0.1, 0.15) is 11.3 Å². The molecule has 126 valence electrons. The molecule has 0 spiro atoms. The summed E-state index contributed by atoms with van der Waals surface area (Å²) in [7, 11) is 0. The molecule has 0 aromatic heterocycles. The molecule has 2 rings (SSSR count). The van der Waals surface area contributed by atoms with Gasteiger partial charge in [-0.15, -0.1) is 0 Å². The number of rotatable bonds is 6. The van der Waals surface area contributed by atoms with E-state index in [1.807, 2.05) is 6.92 Å². The van der Waals surface area contributed by atoms with Crippen molar-refractivity contribution in [2.75, 3.05) is 11.9 Å². The number of amides is 1. The Hall–Kier alpha value is -2.34. The number of benzene rings is 2.